The van der Waals surface area contributed by atoms with Gasteiger partial charge in [-0.25, -0.2) is 4.79 Å². The molecule has 0 saturated carbocycles. The molecule has 0 aliphatic carbocycles. The van der Waals surface area contributed by atoms with Gasteiger partial charge < -0.3 is 14.7 Å². The van der Waals surface area contributed by atoms with Crippen molar-refractivity contribution in [1.82, 2.24) is 4.90 Å². The fraction of sp³-hybridized carbons (Fsp3) is 0.375. The van der Waals surface area contributed by atoms with E-state index in [-0.39, 0.29) is 5.91 Å². The van der Waals surface area contributed by atoms with Gasteiger partial charge in [-0.15, -0.1) is 0 Å². The van der Waals surface area contributed by atoms with E-state index in [1.54, 1.807) is 26.2 Å². The van der Waals surface area contributed by atoms with Crippen molar-refractivity contribution in [3.05, 3.63) is 35.9 Å². The zero-order chi connectivity index (χ0) is 15.5. The summed E-state index contributed by atoms with van der Waals surface area (Å²) < 4.78 is 5.21. The molecule has 21 heavy (non-hydrogen) atoms. The van der Waals surface area contributed by atoms with Gasteiger partial charge in [-0.1, -0.05) is 18.2 Å². The van der Waals surface area contributed by atoms with E-state index >= 15 is 0 Å². The minimum atomic E-state index is -1.11. The van der Waals surface area contributed by atoms with E-state index in [9.17, 15) is 14.7 Å². The number of carbonyl (C=O) groups is 2. The number of methoxy groups -OCH3 is 1. The van der Waals surface area contributed by atoms with Crippen LogP contribution in [0.5, 0.6) is 5.75 Å². The van der Waals surface area contributed by atoms with Crippen LogP contribution in [0.4, 0.5) is 0 Å². The highest BCUT2D eigenvalue weighted by Gasteiger charge is 2.45. The van der Waals surface area contributed by atoms with Crippen LogP contribution in [0.15, 0.2) is 30.3 Å². The van der Waals surface area contributed by atoms with Crippen molar-refractivity contribution < 1.29 is 19.4 Å². The lowest BCUT2D eigenvalue weighted by molar-refractivity contribution is -0.153. The maximum Gasteiger partial charge on any atom is 0.329 e. The molecule has 0 spiro atoms. The van der Waals surface area contributed by atoms with E-state index in [0.29, 0.717) is 25.1 Å². The molecule has 5 nitrogen and oxygen atoms in total. The number of carboxylic acid groups (broad SMARTS) is 1. The van der Waals surface area contributed by atoms with Crippen LogP contribution < -0.4 is 4.74 Å². The molecule has 0 aromatic heterocycles. The van der Waals surface area contributed by atoms with E-state index in [1.165, 1.54) is 11.0 Å². The van der Waals surface area contributed by atoms with Gasteiger partial charge in [-0.05, 0) is 31.9 Å². The second-order valence-electron chi connectivity index (χ2n) is 5.25. The van der Waals surface area contributed by atoms with Crippen molar-refractivity contribution in [2.75, 3.05) is 13.7 Å². The van der Waals surface area contributed by atoms with Crippen molar-refractivity contribution in [1.29, 1.82) is 0 Å². The van der Waals surface area contributed by atoms with Gasteiger partial charge in [-0.2, -0.15) is 0 Å². The largest absolute Gasteiger partial charge is 0.496 e. The molecular formula is C16H19NO4. The number of ether oxygens (including phenoxy) is 1. The third kappa shape index (κ3) is 2.91. The topological polar surface area (TPSA) is 66.8 Å². The zero-order valence-electron chi connectivity index (χ0n) is 12.2. The summed E-state index contributed by atoms with van der Waals surface area (Å²) in [6.07, 6.45) is 4.25. The maximum absolute atomic E-state index is 12.3. The smallest absolute Gasteiger partial charge is 0.329 e. The van der Waals surface area contributed by atoms with Gasteiger partial charge in [0.15, 0.2) is 0 Å². The lowest BCUT2D eigenvalue weighted by Crippen LogP contribution is -2.50. The third-order valence-corrected chi connectivity index (χ3v) is 3.91. The second kappa shape index (κ2) is 5.99. The summed E-state index contributed by atoms with van der Waals surface area (Å²) in [7, 11) is 1.57. The summed E-state index contributed by atoms with van der Waals surface area (Å²) in [6, 6.07) is 7.34. The van der Waals surface area contributed by atoms with Crippen LogP contribution in [-0.2, 0) is 9.59 Å². The Kier molecular flexibility index (Phi) is 4.31. The fourth-order valence-corrected chi connectivity index (χ4v) is 2.59. The quantitative estimate of drug-likeness (QED) is 0.863. The molecule has 1 unspecified atom stereocenters. The second-order valence-corrected chi connectivity index (χ2v) is 5.25. The summed E-state index contributed by atoms with van der Waals surface area (Å²) in [5, 5.41) is 9.32. The molecule has 112 valence electrons. The first-order chi connectivity index (χ1) is 9.99. The Balaban J connectivity index is 2.18. The molecule has 1 aromatic carbocycles. The number of carboxylic acids is 1. The van der Waals surface area contributed by atoms with Crippen molar-refractivity contribution in [3.8, 4) is 5.75 Å². The third-order valence-electron chi connectivity index (χ3n) is 3.91. The van der Waals surface area contributed by atoms with E-state index < -0.39 is 11.5 Å². The number of para-hydroxylation sites is 1. The molecule has 5 heteroatoms. The molecule has 0 radical (unpaired) electrons. The number of amides is 1. The molecule has 1 fully saturated rings. The van der Waals surface area contributed by atoms with Gasteiger partial charge in [-0.3, -0.25) is 4.79 Å². The van der Waals surface area contributed by atoms with Crippen molar-refractivity contribution >= 4 is 18.0 Å². The number of carbonyl (C=O) groups excluding carboxylic acids is 1. The lowest BCUT2D eigenvalue weighted by atomic mass is 9.99. The molecule has 2 rings (SSSR count). The molecule has 1 saturated heterocycles. The highest BCUT2D eigenvalue weighted by Crippen LogP contribution is 2.29. The van der Waals surface area contributed by atoms with Gasteiger partial charge in [0.05, 0.1) is 7.11 Å². The van der Waals surface area contributed by atoms with Crippen LogP contribution in [-0.4, -0.2) is 41.1 Å². The fourth-order valence-electron chi connectivity index (χ4n) is 2.59. The van der Waals surface area contributed by atoms with E-state index in [0.717, 1.165) is 5.56 Å². The summed E-state index contributed by atoms with van der Waals surface area (Å²) in [5.41, 5.74) is -0.327. The highest BCUT2D eigenvalue weighted by atomic mass is 16.5. The standard InChI is InChI=1S/C16H19NO4/c1-16(15(19)20)10-5-11-17(16)14(18)9-8-12-6-3-4-7-13(12)21-2/h3-4,6-9H,5,10-11H2,1-2H3,(H,19,20). The average molecular weight is 289 g/mol. The maximum atomic E-state index is 12.3. The number of likely N-dealkylation sites (tertiary alicyclic amines) is 1. The first-order valence-corrected chi connectivity index (χ1v) is 6.85. The summed E-state index contributed by atoms with van der Waals surface area (Å²) >= 11 is 0. The Bertz CT molecular complexity index is 581. The van der Waals surface area contributed by atoms with Crippen LogP contribution >= 0.6 is 0 Å². The Morgan fingerprint density at radius 3 is 2.76 bits per heavy atom. The van der Waals surface area contributed by atoms with Gasteiger partial charge >= 0.3 is 5.97 Å². The van der Waals surface area contributed by atoms with Gasteiger partial charge in [0.2, 0.25) is 5.91 Å². The van der Waals surface area contributed by atoms with Crippen LogP contribution in [0.2, 0.25) is 0 Å². The van der Waals surface area contributed by atoms with Crippen LogP contribution in [0, 0.1) is 0 Å². The summed E-state index contributed by atoms with van der Waals surface area (Å²) in [4.78, 5) is 25.1. The van der Waals surface area contributed by atoms with Crippen LogP contribution in [0.25, 0.3) is 6.08 Å². The Hall–Kier alpha value is -2.30. The van der Waals surface area contributed by atoms with Crippen molar-refractivity contribution in [2.45, 2.75) is 25.3 Å². The molecule has 1 atom stereocenters. The monoisotopic (exact) mass is 289 g/mol. The molecule has 1 aliphatic heterocycles. The van der Waals surface area contributed by atoms with Gasteiger partial charge in [0.25, 0.3) is 0 Å². The van der Waals surface area contributed by atoms with E-state index in [2.05, 4.69) is 0 Å². The van der Waals surface area contributed by atoms with Crippen LogP contribution in [0.3, 0.4) is 0 Å². The Morgan fingerprint density at radius 1 is 1.38 bits per heavy atom. The molecule has 1 amide bonds. The number of hydrogen-bond acceptors (Lipinski definition) is 3. The first kappa shape index (κ1) is 15.1. The number of benzene rings is 1. The van der Waals surface area contributed by atoms with Crippen LogP contribution in [0.1, 0.15) is 25.3 Å². The van der Waals surface area contributed by atoms with Crippen molar-refractivity contribution in [2.24, 2.45) is 0 Å². The summed E-state index contributed by atoms with van der Waals surface area (Å²) in [5.74, 6) is -0.577. The molecule has 1 N–H and O–H groups in total. The molecular weight excluding hydrogens is 270 g/mol. The number of hydrogen-bond donors (Lipinski definition) is 1. The predicted molar refractivity (Wildman–Crippen MR) is 79.0 cm³/mol. The predicted octanol–water partition coefficient (Wildman–Crippen LogP) is 2.17. The molecule has 1 aromatic rings. The minimum Gasteiger partial charge on any atom is -0.496 e. The van der Waals surface area contributed by atoms with Gasteiger partial charge in [0.1, 0.15) is 11.3 Å². The average Bonchev–Trinajstić information content (AvgIpc) is 2.88. The van der Waals surface area contributed by atoms with E-state index in [1.807, 2.05) is 18.2 Å². The normalized spacial score (nSPS) is 21.7. The molecule has 1 heterocycles. The lowest BCUT2D eigenvalue weighted by Gasteiger charge is -2.30. The first-order valence-electron chi connectivity index (χ1n) is 6.85. The SMILES string of the molecule is COc1ccccc1C=CC(=O)N1CCCC1(C)C(=O)O. The summed E-state index contributed by atoms with van der Waals surface area (Å²) in [6.45, 7) is 2.06. The van der Waals surface area contributed by atoms with E-state index in [4.69, 9.17) is 4.74 Å². The Morgan fingerprint density at radius 2 is 2.10 bits per heavy atom. The highest BCUT2D eigenvalue weighted by molar-refractivity contribution is 5.96. The Labute approximate surface area is 123 Å². The minimum absolute atomic E-state index is 0.289. The zero-order valence-corrected chi connectivity index (χ0v) is 12.2. The number of nitrogens with zero attached hydrogens (tertiary/aromatic N) is 1. The molecule has 0 bridgehead atoms. The van der Waals surface area contributed by atoms with Gasteiger partial charge in [0, 0.05) is 18.2 Å². The molecule has 1 aliphatic rings. The van der Waals surface area contributed by atoms with Crippen molar-refractivity contribution in [3.63, 3.8) is 0 Å². The number of rotatable bonds is 4. The number of aliphatic carboxylic acids is 1.